The zero-order valence-corrected chi connectivity index (χ0v) is 11.2. The van der Waals surface area contributed by atoms with Crippen LogP contribution in [-0.4, -0.2) is 57.3 Å². The van der Waals surface area contributed by atoms with Gasteiger partial charge in [0.25, 0.3) is 10.2 Å². The summed E-state index contributed by atoms with van der Waals surface area (Å²) in [7, 11) is -0.269. The number of hydrogen-bond acceptors (Lipinski definition) is 4. The highest BCUT2D eigenvalue weighted by Gasteiger charge is 2.29. The van der Waals surface area contributed by atoms with Crippen molar-refractivity contribution in [1.29, 1.82) is 0 Å². The molecule has 7 heteroatoms. The van der Waals surface area contributed by atoms with Gasteiger partial charge in [-0.3, -0.25) is 0 Å². The number of ether oxygens (including phenoxy) is 1. The summed E-state index contributed by atoms with van der Waals surface area (Å²) in [5.74, 6) is 0. The standard InChI is InChI=1S/C10H22N2O4S/c1-12(6-3-7-13)17(14,15)11-9-4-5-10(8-9)16-2/h9-11,13H,3-8H2,1-2H3. The molecule has 102 valence electrons. The molecular formula is C10H22N2O4S. The van der Waals surface area contributed by atoms with Crippen LogP contribution in [0.4, 0.5) is 0 Å². The van der Waals surface area contributed by atoms with Crippen LogP contribution in [0.15, 0.2) is 0 Å². The van der Waals surface area contributed by atoms with E-state index >= 15 is 0 Å². The fourth-order valence-corrected chi connectivity index (χ4v) is 3.16. The Morgan fingerprint density at radius 3 is 2.71 bits per heavy atom. The van der Waals surface area contributed by atoms with E-state index in [1.807, 2.05) is 0 Å². The molecular weight excluding hydrogens is 244 g/mol. The van der Waals surface area contributed by atoms with Gasteiger partial charge in [-0.1, -0.05) is 0 Å². The van der Waals surface area contributed by atoms with Crippen LogP contribution in [-0.2, 0) is 14.9 Å². The van der Waals surface area contributed by atoms with Crippen molar-refractivity contribution in [2.75, 3.05) is 27.3 Å². The van der Waals surface area contributed by atoms with Crippen LogP contribution in [0, 0.1) is 0 Å². The van der Waals surface area contributed by atoms with E-state index in [2.05, 4.69) is 4.72 Å². The third kappa shape index (κ3) is 4.51. The first kappa shape index (κ1) is 14.8. The summed E-state index contributed by atoms with van der Waals surface area (Å²) >= 11 is 0. The second-order valence-electron chi connectivity index (χ2n) is 4.39. The van der Waals surface area contributed by atoms with Crippen LogP contribution in [0.2, 0.25) is 0 Å². The first-order valence-electron chi connectivity index (χ1n) is 5.87. The topological polar surface area (TPSA) is 78.9 Å². The van der Waals surface area contributed by atoms with Crippen molar-refractivity contribution in [3.05, 3.63) is 0 Å². The van der Waals surface area contributed by atoms with E-state index in [4.69, 9.17) is 9.84 Å². The van der Waals surface area contributed by atoms with Crippen molar-refractivity contribution >= 4 is 10.2 Å². The van der Waals surface area contributed by atoms with Gasteiger partial charge in [0, 0.05) is 33.4 Å². The van der Waals surface area contributed by atoms with Gasteiger partial charge < -0.3 is 9.84 Å². The van der Waals surface area contributed by atoms with Crippen LogP contribution in [0.25, 0.3) is 0 Å². The van der Waals surface area contributed by atoms with Crippen LogP contribution in [0.3, 0.4) is 0 Å². The third-order valence-electron chi connectivity index (χ3n) is 3.07. The highest BCUT2D eigenvalue weighted by Crippen LogP contribution is 2.22. The molecule has 2 unspecified atom stereocenters. The maximum atomic E-state index is 11.9. The Morgan fingerprint density at radius 2 is 2.18 bits per heavy atom. The lowest BCUT2D eigenvalue weighted by molar-refractivity contribution is 0.107. The second kappa shape index (κ2) is 6.65. The molecule has 17 heavy (non-hydrogen) atoms. The van der Waals surface area contributed by atoms with E-state index in [0.29, 0.717) is 13.0 Å². The molecule has 0 heterocycles. The molecule has 0 aromatic carbocycles. The largest absolute Gasteiger partial charge is 0.396 e. The monoisotopic (exact) mass is 266 g/mol. The van der Waals surface area contributed by atoms with Gasteiger partial charge in [0.15, 0.2) is 0 Å². The predicted molar refractivity (Wildman–Crippen MR) is 64.8 cm³/mol. The normalized spacial score (nSPS) is 25.6. The Kier molecular flexibility index (Phi) is 5.81. The highest BCUT2D eigenvalue weighted by molar-refractivity contribution is 7.87. The Labute approximate surface area is 103 Å². The molecule has 1 fully saturated rings. The molecule has 0 spiro atoms. The van der Waals surface area contributed by atoms with Gasteiger partial charge in [-0.05, 0) is 25.7 Å². The molecule has 1 aliphatic rings. The van der Waals surface area contributed by atoms with E-state index in [1.54, 1.807) is 7.11 Å². The molecule has 0 aliphatic heterocycles. The van der Waals surface area contributed by atoms with Crippen molar-refractivity contribution in [2.45, 2.75) is 37.8 Å². The number of nitrogens with one attached hydrogen (secondary N) is 1. The Bertz CT molecular complexity index is 320. The zero-order chi connectivity index (χ0) is 12.9. The summed E-state index contributed by atoms with van der Waals surface area (Å²) in [4.78, 5) is 0. The lowest BCUT2D eigenvalue weighted by Gasteiger charge is -2.20. The summed E-state index contributed by atoms with van der Waals surface area (Å²) in [6, 6.07) is -0.0403. The van der Waals surface area contributed by atoms with Crippen molar-refractivity contribution in [1.82, 2.24) is 9.03 Å². The number of aliphatic hydroxyl groups is 1. The minimum Gasteiger partial charge on any atom is -0.396 e. The molecule has 0 bridgehead atoms. The molecule has 0 amide bonds. The maximum Gasteiger partial charge on any atom is 0.279 e. The lowest BCUT2D eigenvalue weighted by Crippen LogP contribution is -2.43. The lowest BCUT2D eigenvalue weighted by atomic mass is 10.3. The van der Waals surface area contributed by atoms with E-state index < -0.39 is 10.2 Å². The van der Waals surface area contributed by atoms with Crippen molar-refractivity contribution in [2.24, 2.45) is 0 Å². The SMILES string of the molecule is COC1CCC(NS(=O)(=O)N(C)CCCO)C1. The van der Waals surface area contributed by atoms with Gasteiger partial charge in [0.05, 0.1) is 6.10 Å². The quantitative estimate of drug-likeness (QED) is 0.663. The number of rotatable bonds is 7. The highest BCUT2D eigenvalue weighted by atomic mass is 32.2. The van der Waals surface area contributed by atoms with Gasteiger partial charge >= 0.3 is 0 Å². The summed E-state index contributed by atoms with van der Waals surface area (Å²) in [5, 5.41) is 8.67. The number of aliphatic hydroxyl groups excluding tert-OH is 1. The molecule has 1 aliphatic carbocycles. The van der Waals surface area contributed by atoms with Gasteiger partial charge in [-0.2, -0.15) is 17.4 Å². The minimum atomic E-state index is -3.43. The smallest absolute Gasteiger partial charge is 0.279 e. The molecule has 1 rings (SSSR count). The van der Waals surface area contributed by atoms with E-state index in [-0.39, 0.29) is 18.8 Å². The Hall–Kier alpha value is -0.210. The van der Waals surface area contributed by atoms with Crippen molar-refractivity contribution < 1.29 is 18.3 Å². The number of hydrogen-bond donors (Lipinski definition) is 2. The van der Waals surface area contributed by atoms with Gasteiger partial charge in [-0.25, -0.2) is 0 Å². The average Bonchev–Trinajstić information content (AvgIpc) is 2.72. The fourth-order valence-electron chi connectivity index (χ4n) is 1.98. The van der Waals surface area contributed by atoms with Gasteiger partial charge in [-0.15, -0.1) is 0 Å². The molecule has 2 N–H and O–H groups in total. The van der Waals surface area contributed by atoms with E-state index in [0.717, 1.165) is 19.3 Å². The Morgan fingerprint density at radius 1 is 1.47 bits per heavy atom. The fraction of sp³-hybridized carbons (Fsp3) is 1.00. The maximum absolute atomic E-state index is 11.9. The molecule has 0 aromatic heterocycles. The number of nitrogens with zero attached hydrogens (tertiary/aromatic N) is 1. The first-order valence-corrected chi connectivity index (χ1v) is 7.31. The minimum absolute atomic E-state index is 0.00492. The van der Waals surface area contributed by atoms with Gasteiger partial charge in [0.2, 0.25) is 0 Å². The van der Waals surface area contributed by atoms with Crippen LogP contribution >= 0.6 is 0 Å². The molecule has 1 saturated carbocycles. The summed E-state index contributed by atoms with van der Waals surface area (Å²) in [5.41, 5.74) is 0. The van der Waals surface area contributed by atoms with Crippen LogP contribution in [0.5, 0.6) is 0 Å². The summed E-state index contributed by atoms with van der Waals surface area (Å²) in [6.07, 6.45) is 3.03. The summed E-state index contributed by atoms with van der Waals surface area (Å²) in [6.45, 7) is 0.321. The molecule has 2 atom stereocenters. The number of methoxy groups -OCH3 is 1. The molecule has 0 aromatic rings. The van der Waals surface area contributed by atoms with Crippen molar-refractivity contribution in [3.8, 4) is 0 Å². The zero-order valence-electron chi connectivity index (χ0n) is 10.4. The van der Waals surface area contributed by atoms with Crippen LogP contribution < -0.4 is 4.72 Å². The van der Waals surface area contributed by atoms with Crippen LogP contribution in [0.1, 0.15) is 25.7 Å². The Balaban J connectivity index is 2.44. The first-order chi connectivity index (χ1) is 7.99. The average molecular weight is 266 g/mol. The molecule has 0 radical (unpaired) electrons. The van der Waals surface area contributed by atoms with Gasteiger partial charge in [0.1, 0.15) is 0 Å². The van der Waals surface area contributed by atoms with Crippen molar-refractivity contribution in [3.63, 3.8) is 0 Å². The van der Waals surface area contributed by atoms with E-state index in [1.165, 1.54) is 11.4 Å². The van der Waals surface area contributed by atoms with E-state index in [9.17, 15) is 8.42 Å². The third-order valence-corrected chi connectivity index (χ3v) is 4.71. The second-order valence-corrected chi connectivity index (χ2v) is 6.20. The summed E-state index contributed by atoms with van der Waals surface area (Å²) < 4.78 is 32.9. The molecule has 0 saturated heterocycles. The molecule has 6 nitrogen and oxygen atoms in total. The predicted octanol–water partition coefficient (Wildman–Crippen LogP) is -0.297.